The third-order valence-corrected chi connectivity index (χ3v) is 2.45. The number of nitrogens with zero attached hydrogens (tertiary/aromatic N) is 2. The molecular formula is C13H21N3O. The molecule has 4 heteroatoms. The smallest absolute Gasteiger partial charge is 0.242 e. The minimum absolute atomic E-state index is 0.0247. The second kappa shape index (κ2) is 6.35. The Kier molecular flexibility index (Phi) is 5.10. The van der Waals surface area contributed by atoms with Crippen molar-refractivity contribution < 1.29 is 4.79 Å². The zero-order valence-corrected chi connectivity index (χ0v) is 11.0. The number of likely N-dealkylation sites (N-methyl/N-ethyl adjacent to an activating group) is 1. The van der Waals surface area contributed by atoms with Gasteiger partial charge in [-0.1, -0.05) is 19.9 Å². The van der Waals surface area contributed by atoms with Crippen molar-refractivity contribution in [2.24, 2.45) is 5.92 Å². The van der Waals surface area contributed by atoms with Crippen LogP contribution in [0.4, 0.5) is 0 Å². The van der Waals surface area contributed by atoms with Crippen molar-refractivity contribution in [1.29, 1.82) is 0 Å². The minimum Gasteiger partial charge on any atom is -0.354 e. The van der Waals surface area contributed by atoms with Crippen molar-refractivity contribution in [2.45, 2.75) is 19.9 Å². The Hall–Kier alpha value is -1.42. The van der Waals surface area contributed by atoms with E-state index in [4.69, 9.17) is 0 Å². The molecule has 1 N–H and O–H groups in total. The molecule has 94 valence electrons. The molecule has 1 atom stereocenters. The average Bonchev–Trinajstić information content (AvgIpc) is 2.27. The number of hydrogen-bond acceptors (Lipinski definition) is 3. The summed E-state index contributed by atoms with van der Waals surface area (Å²) in [5, 5.41) is 2.95. The van der Waals surface area contributed by atoms with Crippen molar-refractivity contribution in [3.05, 3.63) is 30.1 Å². The third-order valence-electron chi connectivity index (χ3n) is 2.45. The third kappa shape index (κ3) is 4.15. The van der Waals surface area contributed by atoms with Crippen LogP contribution in [0.5, 0.6) is 0 Å². The molecule has 1 unspecified atom stereocenters. The quantitative estimate of drug-likeness (QED) is 0.840. The largest absolute Gasteiger partial charge is 0.354 e. The fraction of sp³-hybridized carbons (Fsp3) is 0.538. The number of hydrogen-bond donors (Lipinski definition) is 1. The number of carbonyl (C=O) groups is 1. The highest BCUT2D eigenvalue weighted by atomic mass is 16.2. The van der Waals surface area contributed by atoms with Crippen LogP contribution in [0.2, 0.25) is 0 Å². The van der Waals surface area contributed by atoms with Crippen LogP contribution in [-0.4, -0.2) is 36.4 Å². The highest BCUT2D eigenvalue weighted by molar-refractivity contribution is 5.83. The first-order valence-electron chi connectivity index (χ1n) is 5.86. The van der Waals surface area contributed by atoms with Gasteiger partial charge in [0, 0.05) is 18.9 Å². The Balaban J connectivity index is 2.76. The van der Waals surface area contributed by atoms with Gasteiger partial charge in [-0.25, -0.2) is 0 Å². The summed E-state index contributed by atoms with van der Waals surface area (Å²) < 4.78 is 0. The summed E-state index contributed by atoms with van der Waals surface area (Å²) in [5.74, 6) is 0.479. The van der Waals surface area contributed by atoms with Crippen molar-refractivity contribution >= 4 is 5.91 Å². The van der Waals surface area contributed by atoms with E-state index < -0.39 is 0 Å². The maximum atomic E-state index is 12.1. The van der Waals surface area contributed by atoms with E-state index in [2.05, 4.69) is 24.1 Å². The first-order chi connectivity index (χ1) is 8.02. The molecule has 0 spiro atoms. The van der Waals surface area contributed by atoms with E-state index in [0.29, 0.717) is 12.5 Å². The highest BCUT2D eigenvalue weighted by Gasteiger charge is 2.22. The topological polar surface area (TPSA) is 45.2 Å². The molecule has 0 aromatic carbocycles. The summed E-state index contributed by atoms with van der Waals surface area (Å²) in [4.78, 5) is 18.1. The Labute approximate surface area is 103 Å². The lowest BCUT2D eigenvalue weighted by Gasteiger charge is -2.23. The maximum absolute atomic E-state index is 12.1. The van der Waals surface area contributed by atoms with Crippen molar-refractivity contribution in [3.63, 3.8) is 0 Å². The van der Waals surface area contributed by atoms with Crippen LogP contribution < -0.4 is 5.32 Å². The van der Waals surface area contributed by atoms with Gasteiger partial charge in [0.05, 0.1) is 0 Å². The first-order valence-corrected chi connectivity index (χ1v) is 5.86. The SMILES string of the molecule is CC(C)CNC(=O)C(c1cccnc1)N(C)C. The van der Waals surface area contributed by atoms with E-state index in [-0.39, 0.29) is 11.9 Å². The second-order valence-electron chi connectivity index (χ2n) is 4.79. The number of carbonyl (C=O) groups excluding carboxylic acids is 1. The van der Waals surface area contributed by atoms with Crippen LogP contribution in [0.25, 0.3) is 0 Å². The van der Waals surface area contributed by atoms with Crippen LogP contribution in [0, 0.1) is 5.92 Å². The van der Waals surface area contributed by atoms with E-state index >= 15 is 0 Å². The van der Waals surface area contributed by atoms with E-state index in [1.807, 2.05) is 31.1 Å². The van der Waals surface area contributed by atoms with E-state index in [1.165, 1.54) is 0 Å². The van der Waals surface area contributed by atoms with Crippen molar-refractivity contribution in [3.8, 4) is 0 Å². The summed E-state index contributed by atoms with van der Waals surface area (Å²) in [7, 11) is 3.79. The Morgan fingerprint density at radius 1 is 1.47 bits per heavy atom. The molecule has 1 heterocycles. The minimum atomic E-state index is -0.276. The molecule has 1 aromatic rings. The highest BCUT2D eigenvalue weighted by Crippen LogP contribution is 2.16. The second-order valence-corrected chi connectivity index (χ2v) is 4.79. The Bertz CT molecular complexity index is 349. The molecule has 0 saturated heterocycles. The lowest BCUT2D eigenvalue weighted by atomic mass is 10.1. The molecule has 0 saturated carbocycles. The average molecular weight is 235 g/mol. The molecule has 0 bridgehead atoms. The molecule has 0 aliphatic rings. The fourth-order valence-corrected chi connectivity index (χ4v) is 1.62. The van der Waals surface area contributed by atoms with Gasteiger partial charge in [-0.2, -0.15) is 0 Å². The molecular weight excluding hydrogens is 214 g/mol. The number of amides is 1. The van der Waals surface area contributed by atoms with E-state index in [0.717, 1.165) is 5.56 Å². The van der Waals surface area contributed by atoms with Gasteiger partial charge in [-0.3, -0.25) is 14.7 Å². The monoisotopic (exact) mass is 235 g/mol. The maximum Gasteiger partial charge on any atom is 0.242 e. The number of nitrogens with one attached hydrogen (secondary N) is 1. The summed E-state index contributed by atoms with van der Waals surface area (Å²) in [5.41, 5.74) is 0.916. The zero-order chi connectivity index (χ0) is 12.8. The molecule has 1 rings (SSSR count). The Morgan fingerprint density at radius 2 is 2.18 bits per heavy atom. The van der Waals surface area contributed by atoms with Gasteiger partial charge < -0.3 is 5.32 Å². The first kappa shape index (κ1) is 13.6. The zero-order valence-electron chi connectivity index (χ0n) is 11.0. The molecule has 1 amide bonds. The molecule has 0 fully saturated rings. The molecule has 1 aromatic heterocycles. The van der Waals surface area contributed by atoms with E-state index in [1.54, 1.807) is 12.4 Å². The predicted molar refractivity (Wildman–Crippen MR) is 68.5 cm³/mol. The number of rotatable bonds is 5. The lowest BCUT2D eigenvalue weighted by molar-refractivity contribution is -0.125. The van der Waals surface area contributed by atoms with Crippen LogP contribution in [-0.2, 0) is 4.79 Å². The Morgan fingerprint density at radius 3 is 2.65 bits per heavy atom. The van der Waals surface area contributed by atoms with Gasteiger partial charge in [0.15, 0.2) is 0 Å². The molecule has 4 nitrogen and oxygen atoms in total. The van der Waals surface area contributed by atoms with Gasteiger partial charge in [-0.15, -0.1) is 0 Å². The number of pyridine rings is 1. The molecule has 0 aliphatic carbocycles. The molecule has 0 aliphatic heterocycles. The van der Waals surface area contributed by atoms with Gasteiger partial charge in [-0.05, 0) is 31.6 Å². The fourth-order valence-electron chi connectivity index (χ4n) is 1.62. The molecule has 17 heavy (non-hydrogen) atoms. The number of aromatic nitrogens is 1. The van der Waals surface area contributed by atoms with Gasteiger partial charge in [0.25, 0.3) is 0 Å². The summed E-state index contributed by atoms with van der Waals surface area (Å²) >= 11 is 0. The van der Waals surface area contributed by atoms with Crippen LogP contribution in [0.1, 0.15) is 25.5 Å². The normalized spacial score (nSPS) is 12.8. The molecule has 0 radical (unpaired) electrons. The van der Waals surface area contributed by atoms with Crippen LogP contribution >= 0.6 is 0 Å². The van der Waals surface area contributed by atoms with E-state index in [9.17, 15) is 4.79 Å². The summed E-state index contributed by atoms with van der Waals surface area (Å²) in [6.45, 7) is 4.85. The summed E-state index contributed by atoms with van der Waals surface area (Å²) in [6, 6.07) is 3.50. The summed E-state index contributed by atoms with van der Waals surface area (Å²) in [6.07, 6.45) is 3.45. The van der Waals surface area contributed by atoms with Gasteiger partial charge in [0.2, 0.25) is 5.91 Å². The predicted octanol–water partition coefficient (Wildman–Crippen LogP) is 1.46. The van der Waals surface area contributed by atoms with Crippen LogP contribution in [0.15, 0.2) is 24.5 Å². The van der Waals surface area contributed by atoms with Gasteiger partial charge in [0.1, 0.15) is 6.04 Å². The lowest BCUT2D eigenvalue weighted by Crippen LogP contribution is -2.38. The standard InChI is InChI=1S/C13H21N3O/c1-10(2)8-15-13(17)12(16(3)4)11-6-5-7-14-9-11/h5-7,9-10,12H,8H2,1-4H3,(H,15,17). The van der Waals surface area contributed by atoms with Crippen LogP contribution in [0.3, 0.4) is 0 Å². The van der Waals surface area contributed by atoms with Crippen molar-refractivity contribution in [1.82, 2.24) is 15.2 Å². The van der Waals surface area contributed by atoms with Crippen molar-refractivity contribution in [2.75, 3.05) is 20.6 Å². The van der Waals surface area contributed by atoms with Gasteiger partial charge >= 0.3 is 0 Å².